The molecule has 1 aliphatic heterocycles. The third-order valence-corrected chi connectivity index (χ3v) is 7.09. The predicted octanol–water partition coefficient (Wildman–Crippen LogP) is 2.80. The number of Topliss-reactive ketones (excluding diaryl/α,β-unsaturated/α-hetero) is 1. The van der Waals surface area contributed by atoms with E-state index in [1.807, 2.05) is 12.2 Å². The van der Waals surface area contributed by atoms with Crippen LogP contribution in [0.5, 0.6) is 0 Å². The van der Waals surface area contributed by atoms with Crippen LogP contribution in [0.1, 0.15) is 23.7 Å². The Kier molecular flexibility index (Phi) is 4.19. The number of allylic oxidation sites excluding steroid dienone is 2. The average Bonchev–Trinajstić information content (AvgIpc) is 3.51. The van der Waals surface area contributed by atoms with E-state index in [1.165, 1.54) is 25.1 Å². The van der Waals surface area contributed by atoms with Gasteiger partial charge in [-0.25, -0.2) is 0 Å². The van der Waals surface area contributed by atoms with Crippen LogP contribution in [0.3, 0.4) is 0 Å². The van der Waals surface area contributed by atoms with E-state index in [0.29, 0.717) is 16.7 Å². The van der Waals surface area contributed by atoms with Gasteiger partial charge < -0.3 is 0 Å². The molecule has 1 saturated heterocycles. The van der Waals surface area contributed by atoms with E-state index in [4.69, 9.17) is 0 Å². The second-order valence-electron chi connectivity index (χ2n) is 8.74. The average molecular weight is 432 g/mol. The van der Waals surface area contributed by atoms with Crippen molar-refractivity contribution >= 4 is 29.2 Å². The second-order valence-corrected chi connectivity index (χ2v) is 8.74. The highest BCUT2D eigenvalue weighted by molar-refractivity contribution is 6.08. The van der Waals surface area contributed by atoms with Gasteiger partial charge in [0.2, 0.25) is 11.8 Å². The summed E-state index contributed by atoms with van der Waals surface area (Å²) in [6.07, 6.45) is -0.327. The lowest BCUT2D eigenvalue weighted by Crippen LogP contribution is -2.49. The first-order valence-electron chi connectivity index (χ1n) is 10.1. The van der Waals surface area contributed by atoms with Crippen LogP contribution in [-0.2, 0) is 14.4 Å². The summed E-state index contributed by atoms with van der Waals surface area (Å²) >= 11 is 0. The lowest BCUT2D eigenvalue weighted by Gasteiger charge is -2.37. The number of hydrogen-bond acceptors (Lipinski definition) is 4. The van der Waals surface area contributed by atoms with E-state index in [0.717, 1.165) is 17.4 Å². The summed E-state index contributed by atoms with van der Waals surface area (Å²) in [7, 11) is 0. The molecule has 4 aliphatic carbocycles. The van der Waals surface area contributed by atoms with Crippen LogP contribution in [0.2, 0.25) is 0 Å². The number of nitrogens with zero attached hydrogens (tertiary/aromatic N) is 2. The maximum Gasteiger partial charge on any atom is 0.471 e. The van der Waals surface area contributed by atoms with Gasteiger partial charge in [-0.05, 0) is 49.1 Å². The van der Waals surface area contributed by atoms with Gasteiger partial charge in [-0.15, -0.1) is 0 Å². The lowest BCUT2D eigenvalue weighted by molar-refractivity contribution is -0.171. The summed E-state index contributed by atoms with van der Waals surface area (Å²) in [6.45, 7) is 0.417. The number of ketones is 1. The van der Waals surface area contributed by atoms with Crippen molar-refractivity contribution < 1.29 is 32.3 Å². The fraction of sp³-hybridized carbons (Fsp3) is 0.455. The third-order valence-electron chi connectivity index (χ3n) is 7.09. The number of imide groups is 1. The van der Waals surface area contributed by atoms with Gasteiger partial charge in [-0.1, -0.05) is 24.3 Å². The van der Waals surface area contributed by atoms with E-state index in [1.54, 1.807) is 0 Å². The fourth-order valence-corrected chi connectivity index (χ4v) is 5.61. The zero-order valence-corrected chi connectivity index (χ0v) is 16.5. The number of amides is 3. The minimum Gasteiger partial charge on any atom is -0.295 e. The normalized spacial score (nSPS) is 32.7. The van der Waals surface area contributed by atoms with Crippen LogP contribution in [0.25, 0.3) is 0 Å². The van der Waals surface area contributed by atoms with Crippen LogP contribution in [0.4, 0.5) is 18.9 Å². The molecule has 6 rings (SSSR count). The number of halogens is 3. The minimum absolute atomic E-state index is 0.0748. The molecule has 2 saturated carbocycles. The molecule has 1 aromatic carbocycles. The molecule has 9 heteroatoms. The van der Waals surface area contributed by atoms with Crippen molar-refractivity contribution in [3.8, 4) is 0 Å². The number of carbonyl (C=O) groups is 4. The number of benzene rings is 1. The Hall–Kier alpha value is -2.97. The van der Waals surface area contributed by atoms with E-state index >= 15 is 0 Å². The molecule has 0 radical (unpaired) electrons. The van der Waals surface area contributed by atoms with Crippen LogP contribution in [0.15, 0.2) is 36.4 Å². The summed E-state index contributed by atoms with van der Waals surface area (Å²) in [5, 5.41) is 0. The Balaban J connectivity index is 1.48. The molecule has 6 nitrogen and oxygen atoms in total. The quantitative estimate of drug-likeness (QED) is 0.417. The van der Waals surface area contributed by atoms with Gasteiger partial charge in [-0.3, -0.25) is 29.0 Å². The van der Waals surface area contributed by atoms with E-state index in [2.05, 4.69) is 0 Å². The molecule has 162 valence electrons. The molecule has 1 heterocycles. The van der Waals surface area contributed by atoms with Crippen molar-refractivity contribution in [2.45, 2.75) is 19.5 Å². The van der Waals surface area contributed by atoms with E-state index < -0.39 is 42.4 Å². The van der Waals surface area contributed by atoms with Gasteiger partial charge >= 0.3 is 12.1 Å². The first kappa shape index (κ1) is 20.0. The van der Waals surface area contributed by atoms with E-state index in [-0.39, 0.29) is 28.9 Å². The third kappa shape index (κ3) is 2.93. The summed E-state index contributed by atoms with van der Waals surface area (Å²) < 4.78 is 40.0. The molecule has 1 aromatic rings. The van der Waals surface area contributed by atoms with Crippen LogP contribution < -0.4 is 4.90 Å². The van der Waals surface area contributed by atoms with Crippen molar-refractivity contribution in [2.24, 2.45) is 35.5 Å². The highest BCUT2D eigenvalue weighted by atomic mass is 19.4. The molecule has 2 bridgehead atoms. The Morgan fingerprint density at radius 2 is 1.65 bits per heavy atom. The second kappa shape index (κ2) is 6.51. The maximum atomic E-state index is 13.3. The Morgan fingerprint density at radius 1 is 1.06 bits per heavy atom. The fourth-order valence-electron chi connectivity index (χ4n) is 5.61. The Labute approximate surface area is 175 Å². The largest absolute Gasteiger partial charge is 0.471 e. The summed E-state index contributed by atoms with van der Waals surface area (Å²) in [5.41, 5.74) is -0.0815. The number of alkyl halides is 3. The first-order chi connectivity index (χ1) is 14.6. The van der Waals surface area contributed by atoms with Crippen LogP contribution in [0, 0.1) is 35.5 Å². The number of carbonyl (C=O) groups excluding carboxylic acids is 4. The highest BCUT2D eigenvalue weighted by Gasteiger charge is 2.67. The zero-order valence-electron chi connectivity index (χ0n) is 16.5. The molecule has 31 heavy (non-hydrogen) atoms. The molecule has 0 unspecified atom stereocenters. The highest BCUT2D eigenvalue weighted by Crippen LogP contribution is 2.65. The van der Waals surface area contributed by atoms with Gasteiger partial charge in [-0.2, -0.15) is 13.2 Å². The standard InChI is InChI=1S/C22H19F3N2O4/c1-10(28)11-3-2-4-12(7-11)26(21(31)22(23,24)25)9-27-19(29)17-13-5-6-14(16-8-15(13)16)18(17)20(27)30/h2-7,13-18H,8-9H2,1H3/t13-,14-,15-,16+,17-,18-/m1/s1. The first-order valence-corrected chi connectivity index (χ1v) is 10.1. The summed E-state index contributed by atoms with van der Waals surface area (Å²) in [5.74, 6) is -4.22. The number of rotatable bonds is 4. The van der Waals surface area contributed by atoms with Crippen molar-refractivity contribution in [3.63, 3.8) is 0 Å². The number of hydrogen-bond donors (Lipinski definition) is 0. The minimum atomic E-state index is -5.22. The predicted molar refractivity (Wildman–Crippen MR) is 101 cm³/mol. The molecular weight excluding hydrogens is 413 g/mol. The van der Waals surface area contributed by atoms with Crippen molar-refractivity contribution in [2.75, 3.05) is 11.6 Å². The number of anilines is 1. The van der Waals surface area contributed by atoms with Gasteiger partial charge in [0.1, 0.15) is 6.67 Å². The molecule has 5 aliphatic rings. The monoisotopic (exact) mass is 432 g/mol. The lowest BCUT2D eigenvalue weighted by atomic mass is 9.63. The molecule has 0 aromatic heterocycles. The SMILES string of the molecule is CC(=O)c1cccc(N(CN2C(=O)[C@@H]3[C@@H]4C=C[C@H]([C@@H]5C[C@H]45)[C@H]3C2=O)C(=O)C(F)(F)F)c1. The van der Waals surface area contributed by atoms with Crippen molar-refractivity contribution in [1.29, 1.82) is 0 Å². The van der Waals surface area contributed by atoms with Gasteiger partial charge in [0.05, 0.1) is 11.8 Å². The summed E-state index contributed by atoms with van der Waals surface area (Å²) in [6, 6.07) is 5.17. The summed E-state index contributed by atoms with van der Waals surface area (Å²) in [4.78, 5) is 51.3. The van der Waals surface area contributed by atoms with Crippen LogP contribution in [-0.4, -0.2) is 41.2 Å². The molecule has 6 atom stereocenters. The molecular formula is C22H19F3N2O4. The maximum absolute atomic E-state index is 13.3. The van der Waals surface area contributed by atoms with Crippen molar-refractivity contribution in [3.05, 3.63) is 42.0 Å². The Bertz CT molecular complexity index is 1010. The molecule has 0 N–H and O–H groups in total. The topological polar surface area (TPSA) is 74.8 Å². The van der Waals surface area contributed by atoms with Crippen molar-refractivity contribution in [1.82, 2.24) is 4.90 Å². The van der Waals surface area contributed by atoms with Gasteiger partial charge in [0.15, 0.2) is 5.78 Å². The van der Waals surface area contributed by atoms with E-state index in [9.17, 15) is 32.3 Å². The van der Waals surface area contributed by atoms with Crippen LogP contribution >= 0.6 is 0 Å². The molecule has 3 amide bonds. The molecule has 3 fully saturated rings. The zero-order chi connectivity index (χ0) is 22.2. The van der Waals surface area contributed by atoms with Gasteiger partial charge in [0.25, 0.3) is 0 Å². The molecule has 0 spiro atoms. The smallest absolute Gasteiger partial charge is 0.295 e. The Morgan fingerprint density at radius 3 is 2.16 bits per heavy atom. The van der Waals surface area contributed by atoms with Gasteiger partial charge in [0, 0.05) is 11.3 Å². The number of likely N-dealkylation sites (tertiary alicyclic amines) is 1.